The maximum atomic E-state index is 3.89. The first-order chi connectivity index (χ1) is 8.98. The van der Waals surface area contributed by atoms with Crippen LogP contribution in [0.5, 0.6) is 0 Å². The lowest BCUT2D eigenvalue weighted by molar-refractivity contribution is -0.0940. The molecule has 0 radical (unpaired) electrons. The second-order valence-corrected chi connectivity index (χ2v) is 10.5. The van der Waals surface area contributed by atoms with Crippen LogP contribution in [0.15, 0.2) is 10.6 Å². The highest BCUT2D eigenvalue weighted by Crippen LogP contribution is 2.63. The average Bonchev–Trinajstić information content (AvgIpc) is 2.24. The minimum Gasteiger partial charge on any atom is -0.0740 e. The van der Waals surface area contributed by atoms with E-state index in [2.05, 4.69) is 70.5 Å². The highest BCUT2D eigenvalue weighted by Gasteiger charge is 2.55. The van der Waals surface area contributed by atoms with E-state index in [0.717, 1.165) is 17.8 Å². The molecular weight excluding hydrogens is 308 g/mol. The van der Waals surface area contributed by atoms with Gasteiger partial charge in [0, 0.05) is 0 Å². The molecule has 0 spiro atoms. The van der Waals surface area contributed by atoms with E-state index in [1.165, 1.54) is 30.2 Å². The SMILES string of the molecule is CC(C)(C)C1CC[C@H]2C(Br)=CCC[C@]2(C)C1C(C)(C)C. The van der Waals surface area contributed by atoms with Gasteiger partial charge in [0.2, 0.25) is 0 Å². The normalized spacial score (nSPS) is 39.2. The van der Waals surface area contributed by atoms with E-state index in [-0.39, 0.29) is 0 Å². The number of fused-ring (bicyclic) bond motifs is 1. The Balaban J connectivity index is 2.48. The Labute approximate surface area is 134 Å². The molecule has 1 fully saturated rings. The van der Waals surface area contributed by atoms with Crippen LogP contribution in [0.4, 0.5) is 0 Å². The maximum Gasteiger partial charge on any atom is -0.00417 e. The van der Waals surface area contributed by atoms with Crippen LogP contribution < -0.4 is 0 Å². The van der Waals surface area contributed by atoms with Crippen LogP contribution in [0.2, 0.25) is 0 Å². The zero-order valence-electron chi connectivity index (χ0n) is 14.5. The monoisotopic (exact) mass is 340 g/mol. The summed E-state index contributed by atoms with van der Waals surface area (Å²) in [5, 5.41) is 0. The fourth-order valence-electron chi connectivity index (χ4n) is 5.49. The van der Waals surface area contributed by atoms with Gasteiger partial charge in [0.05, 0.1) is 0 Å². The molecule has 0 heterocycles. The van der Waals surface area contributed by atoms with Gasteiger partial charge in [-0.2, -0.15) is 0 Å². The molecule has 116 valence electrons. The summed E-state index contributed by atoms with van der Waals surface area (Å²) in [5.41, 5.74) is 1.26. The Morgan fingerprint density at radius 3 is 2.15 bits per heavy atom. The van der Waals surface area contributed by atoms with Crippen molar-refractivity contribution in [3.05, 3.63) is 10.6 Å². The molecule has 2 aliphatic rings. The first-order valence-electron chi connectivity index (χ1n) is 8.33. The van der Waals surface area contributed by atoms with E-state index in [1.807, 2.05) is 0 Å². The molecular formula is C19H33Br. The van der Waals surface area contributed by atoms with Crippen LogP contribution >= 0.6 is 15.9 Å². The number of halogens is 1. The second kappa shape index (κ2) is 5.14. The quantitative estimate of drug-likeness (QED) is 0.454. The maximum absolute atomic E-state index is 3.89. The molecule has 1 saturated carbocycles. The molecule has 0 nitrogen and oxygen atoms in total. The predicted octanol–water partition coefficient (Wildman–Crippen LogP) is 6.80. The summed E-state index contributed by atoms with van der Waals surface area (Å²) >= 11 is 3.89. The lowest BCUT2D eigenvalue weighted by Gasteiger charge is -2.60. The van der Waals surface area contributed by atoms with Gasteiger partial charge >= 0.3 is 0 Å². The number of hydrogen-bond donors (Lipinski definition) is 0. The van der Waals surface area contributed by atoms with Gasteiger partial charge in [0.15, 0.2) is 0 Å². The molecule has 0 bridgehead atoms. The molecule has 0 N–H and O–H groups in total. The second-order valence-electron chi connectivity index (χ2n) is 9.58. The molecule has 0 saturated heterocycles. The summed E-state index contributed by atoms with van der Waals surface area (Å²) in [7, 11) is 0. The summed E-state index contributed by atoms with van der Waals surface area (Å²) in [5.74, 6) is 2.39. The Bertz CT molecular complexity index is 393. The van der Waals surface area contributed by atoms with Gasteiger partial charge < -0.3 is 0 Å². The first kappa shape index (κ1) is 16.6. The molecule has 0 aromatic rings. The summed E-state index contributed by atoms with van der Waals surface area (Å²) in [4.78, 5) is 0. The summed E-state index contributed by atoms with van der Waals surface area (Å²) < 4.78 is 1.49. The van der Waals surface area contributed by atoms with Crippen molar-refractivity contribution in [2.45, 2.75) is 74.1 Å². The molecule has 0 aromatic carbocycles. The molecule has 1 heteroatoms. The highest BCUT2D eigenvalue weighted by atomic mass is 79.9. The topological polar surface area (TPSA) is 0 Å². The fraction of sp³-hybridized carbons (Fsp3) is 0.895. The van der Waals surface area contributed by atoms with E-state index in [4.69, 9.17) is 0 Å². The molecule has 0 amide bonds. The van der Waals surface area contributed by atoms with Gasteiger partial charge in [0.1, 0.15) is 0 Å². The van der Waals surface area contributed by atoms with Crippen molar-refractivity contribution >= 4 is 15.9 Å². The van der Waals surface area contributed by atoms with Gasteiger partial charge in [-0.3, -0.25) is 0 Å². The van der Waals surface area contributed by atoms with Crippen molar-refractivity contribution in [2.75, 3.05) is 0 Å². The predicted molar refractivity (Wildman–Crippen MR) is 93.0 cm³/mol. The fourth-order valence-corrected chi connectivity index (χ4v) is 6.47. The van der Waals surface area contributed by atoms with Crippen molar-refractivity contribution < 1.29 is 0 Å². The van der Waals surface area contributed by atoms with E-state index >= 15 is 0 Å². The molecule has 4 atom stereocenters. The van der Waals surface area contributed by atoms with Crippen molar-refractivity contribution in [3.63, 3.8) is 0 Å². The van der Waals surface area contributed by atoms with Gasteiger partial charge in [-0.15, -0.1) is 0 Å². The van der Waals surface area contributed by atoms with E-state index in [9.17, 15) is 0 Å². The highest BCUT2D eigenvalue weighted by molar-refractivity contribution is 9.11. The third-order valence-corrected chi connectivity index (χ3v) is 6.95. The summed E-state index contributed by atoms with van der Waals surface area (Å²) in [6, 6.07) is 0. The van der Waals surface area contributed by atoms with E-state index < -0.39 is 0 Å². The molecule has 2 unspecified atom stereocenters. The Morgan fingerprint density at radius 1 is 1.05 bits per heavy atom. The zero-order chi connectivity index (χ0) is 15.3. The standard InChI is InChI=1S/C19H33Br/c1-17(2,3)14-11-10-13-15(20)9-8-12-19(13,7)16(14)18(4,5)6/h9,13-14,16H,8,10-12H2,1-7H3/t13-,14?,16?,19-/m0/s1. The molecule has 20 heavy (non-hydrogen) atoms. The molecule has 2 rings (SSSR count). The van der Waals surface area contributed by atoms with Crippen molar-refractivity contribution in [3.8, 4) is 0 Å². The van der Waals surface area contributed by atoms with Crippen molar-refractivity contribution in [1.29, 1.82) is 0 Å². The molecule has 0 aliphatic heterocycles. The van der Waals surface area contributed by atoms with Crippen molar-refractivity contribution in [1.82, 2.24) is 0 Å². The van der Waals surface area contributed by atoms with Crippen LogP contribution in [-0.4, -0.2) is 0 Å². The minimum atomic E-state index is 0.385. The van der Waals surface area contributed by atoms with Gasteiger partial charge in [-0.25, -0.2) is 0 Å². The third kappa shape index (κ3) is 2.76. The van der Waals surface area contributed by atoms with Crippen LogP contribution in [0.3, 0.4) is 0 Å². The first-order valence-corrected chi connectivity index (χ1v) is 9.13. The van der Waals surface area contributed by atoms with Crippen LogP contribution in [0.1, 0.15) is 74.1 Å². The Kier molecular flexibility index (Phi) is 4.27. The van der Waals surface area contributed by atoms with E-state index in [1.54, 1.807) is 0 Å². The molecule has 0 aromatic heterocycles. The number of hydrogen-bond acceptors (Lipinski definition) is 0. The lowest BCUT2D eigenvalue weighted by atomic mass is 9.45. The minimum absolute atomic E-state index is 0.385. The lowest BCUT2D eigenvalue weighted by Crippen LogP contribution is -2.53. The van der Waals surface area contributed by atoms with Gasteiger partial charge in [-0.1, -0.05) is 70.5 Å². The third-order valence-electron chi connectivity index (χ3n) is 6.08. The average molecular weight is 341 g/mol. The largest absolute Gasteiger partial charge is 0.0740 e. The zero-order valence-corrected chi connectivity index (χ0v) is 16.1. The Hall–Kier alpha value is 0.220. The van der Waals surface area contributed by atoms with Crippen LogP contribution in [0.25, 0.3) is 0 Å². The summed E-state index contributed by atoms with van der Waals surface area (Å²) in [6.07, 6.45) is 7.79. The number of rotatable bonds is 0. The molecule has 2 aliphatic carbocycles. The number of allylic oxidation sites excluding steroid dienone is 2. The summed E-state index contributed by atoms with van der Waals surface area (Å²) in [6.45, 7) is 17.3. The van der Waals surface area contributed by atoms with Crippen molar-refractivity contribution in [2.24, 2.45) is 34.0 Å². The smallest absolute Gasteiger partial charge is 0.00417 e. The van der Waals surface area contributed by atoms with Gasteiger partial charge in [0.25, 0.3) is 0 Å². The van der Waals surface area contributed by atoms with E-state index in [0.29, 0.717) is 16.2 Å². The van der Waals surface area contributed by atoms with Crippen LogP contribution in [0, 0.1) is 34.0 Å². The Morgan fingerprint density at radius 2 is 1.65 bits per heavy atom. The van der Waals surface area contributed by atoms with Gasteiger partial charge in [-0.05, 0) is 64.2 Å². The van der Waals surface area contributed by atoms with Crippen LogP contribution in [-0.2, 0) is 0 Å².